The van der Waals surface area contributed by atoms with Crippen LogP contribution in [0.2, 0.25) is 0 Å². The molecule has 0 saturated carbocycles. The van der Waals surface area contributed by atoms with Crippen LogP contribution >= 0.6 is 11.3 Å². The maximum Gasteiger partial charge on any atom is 0.164 e. The summed E-state index contributed by atoms with van der Waals surface area (Å²) in [6.45, 7) is 4.18. The Kier molecular flexibility index (Phi) is 3.24. The van der Waals surface area contributed by atoms with Crippen LogP contribution in [0.25, 0.3) is 42.5 Å². The molecule has 0 aliphatic heterocycles. The number of nitrogen functional groups attached to an aromatic ring is 1. The lowest BCUT2D eigenvalue weighted by Crippen LogP contribution is -2.04. The Bertz CT molecular complexity index is 1280. The van der Waals surface area contributed by atoms with Gasteiger partial charge < -0.3 is 5.73 Å². The molecule has 26 heavy (non-hydrogen) atoms. The molecule has 3 heterocycles. The standard InChI is InChI=1S/C20H17N5S/c1-11(2)25-20-16(19(21)22-10-23-20)17(24-25)14-8-5-7-13-12-6-3-4-9-15(12)26-18(13)14/h3-11H,1-2H3,(H2,21,22,23). The van der Waals surface area contributed by atoms with Crippen molar-refractivity contribution >= 4 is 48.4 Å². The fourth-order valence-corrected chi connectivity index (χ4v) is 4.69. The number of rotatable bonds is 2. The number of nitrogens with zero attached hydrogens (tertiary/aromatic N) is 4. The Morgan fingerprint density at radius 1 is 1.00 bits per heavy atom. The second kappa shape index (κ2) is 5.51. The minimum atomic E-state index is 0.183. The number of benzene rings is 2. The van der Waals surface area contributed by atoms with E-state index in [1.165, 1.54) is 26.5 Å². The van der Waals surface area contributed by atoms with Crippen molar-refractivity contribution in [2.24, 2.45) is 0 Å². The number of aromatic nitrogens is 4. The molecule has 0 aliphatic carbocycles. The molecule has 5 aromatic rings. The van der Waals surface area contributed by atoms with E-state index in [2.05, 4.69) is 66.3 Å². The number of hydrogen-bond acceptors (Lipinski definition) is 5. The lowest BCUT2D eigenvalue weighted by molar-refractivity contribution is 0.548. The summed E-state index contributed by atoms with van der Waals surface area (Å²) in [4.78, 5) is 8.65. The highest BCUT2D eigenvalue weighted by molar-refractivity contribution is 7.26. The molecule has 0 atom stereocenters. The molecule has 5 nitrogen and oxygen atoms in total. The van der Waals surface area contributed by atoms with Crippen LogP contribution in [0.3, 0.4) is 0 Å². The summed E-state index contributed by atoms with van der Waals surface area (Å²) in [6, 6.07) is 15.0. The van der Waals surface area contributed by atoms with Gasteiger partial charge in [-0.1, -0.05) is 36.4 Å². The summed E-state index contributed by atoms with van der Waals surface area (Å²) in [5.41, 5.74) is 8.93. The van der Waals surface area contributed by atoms with Gasteiger partial charge in [0.15, 0.2) is 5.65 Å². The first-order chi connectivity index (χ1) is 12.6. The van der Waals surface area contributed by atoms with Gasteiger partial charge in [-0.15, -0.1) is 11.3 Å². The predicted octanol–water partition coefficient (Wildman–Crippen LogP) is 5.02. The van der Waals surface area contributed by atoms with Crippen molar-refractivity contribution in [2.75, 3.05) is 5.73 Å². The van der Waals surface area contributed by atoms with Crippen LogP contribution in [0, 0.1) is 0 Å². The van der Waals surface area contributed by atoms with Gasteiger partial charge in [0.05, 0.1) is 5.39 Å². The first kappa shape index (κ1) is 15.3. The minimum Gasteiger partial charge on any atom is -0.383 e. The molecule has 0 amide bonds. The third-order valence-electron chi connectivity index (χ3n) is 4.67. The summed E-state index contributed by atoms with van der Waals surface area (Å²) < 4.78 is 4.41. The highest BCUT2D eigenvalue weighted by Gasteiger charge is 2.20. The molecule has 3 aromatic heterocycles. The quantitative estimate of drug-likeness (QED) is 0.480. The Hall–Kier alpha value is -2.99. The van der Waals surface area contributed by atoms with Gasteiger partial charge in [-0.25, -0.2) is 14.6 Å². The van der Waals surface area contributed by atoms with Crippen LogP contribution in [0.5, 0.6) is 0 Å². The van der Waals surface area contributed by atoms with Crippen molar-refractivity contribution in [3.05, 3.63) is 48.8 Å². The fourth-order valence-electron chi connectivity index (χ4n) is 3.48. The third-order valence-corrected chi connectivity index (χ3v) is 5.89. The lowest BCUT2D eigenvalue weighted by Gasteiger charge is -2.05. The zero-order valence-electron chi connectivity index (χ0n) is 14.5. The summed E-state index contributed by atoms with van der Waals surface area (Å²) in [6.07, 6.45) is 1.50. The van der Waals surface area contributed by atoms with Gasteiger partial charge in [0.1, 0.15) is 17.8 Å². The highest BCUT2D eigenvalue weighted by Crippen LogP contribution is 2.41. The predicted molar refractivity (Wildman–Crippen MR) is 108 cm³/mol. The lowest BCUT2D eigenvalue weighted by atomic mass is 10.1. The molecule has 5 rings (SSSR count). The fraction of sp³-hybridized carbons (Fsp3) is 0.150. The molecule has 2 N–H and O–H groups in total. The van der Waals surface area contributed by atoms with E-state index in [-0.39, 0.29) is 6.04 Å². The van der Waals surface area contributed by atoms with Crippen LogP contribution in [0.15, 0.2) is 48.8 Å². The molecular weight excluding hydrogens is 342 g/mol. The van der Waals surface area contributed by atoms with Crippen molar-refractivity contribution in [1.29, 1.82) is 0 Å². The molecule has 0 bridgehead atoms. The van der Waals surface area contributed by atoms with Crippen LogP contribution in [-0.2, 0) is 0 Å². The van der Waals surface area contributed by atoms with Crippen molar-refractivity contribution in [3.8, 4) is 11.3 Å². The molecule has 0 fully saturated rings. The van der Waals surface area contributed by atoms with Crippen LogP contribution < -0.4 is 5.73 Å². The van der Waals surface area contributed by atoms with Gasteiger partial charge in [0.25, 0.3) is 0 Å². The van der Waals surface area contributed by atoms with Crippen LogP contribution in [0.1, 0.15) is 19.9 Å². The Morgan fingerprint density at radius 2 is 1.81 bits per heavy atom. The number of thiophene rings is 1. The Morgan fingerprint density at radius 3 is 2.65 bits per heavy atom. The van der Waals surface area contributed by atoms with Gasteiger partial charge in [0, 0.05) is 31.8 Å². The molecule has 0 aliphatic rings. The minimum absolute atomic E-state index is 0.183. The van der Waals surface area contributed by atoms with Gasteiger partial charge in [-0.05, 0) is 19.9 Å². The summed E-state index contributed by atoms with van der Waals surface area (Å²) in [7, 11) is 0. The van der Waals surface area contributed by atoms with E-state index >= 15 is 0 Å². The van der Waals surface area contributed by atoms with Crippen molar-refractivity contribution < 1.29 is 0 Å². The molecule has 128 valence electrons. The number of nitrogens with two attached hydrogens (primary N) is 1. The Labute approximate surface area is 154 Å². The highest BCUT2D eigenvalue weighted by atomic mass is 32.1. The monoisotopic (exact) mass is 359 g/mol. The normalized spacial score (nSPS) is 12.0. The van der Waals surface area contributed by atoms with E-state index in [1.807, 2.05) is 4.68 Å². The van der Waals surface area contributed by atoms with Crippen molar-refractivity contribution in [3.63, 3.8) is 0 Å². The number of anilines is 1. The van der Waals surface area contributed by atoms with E-state index in [1.54, 1.807) is 11.3 Å². The van der Waals surface area contributed by atoms with E-state index < -0.39 is 0 Å². The summed E-state index contributed by atoms with van der Waals surface area (Å²) in [5, 5.41) is 8.22. The summed E-state index contributed by atoms with van der Waals surface area (Å²) in [5.74, 6) is 0.468. The smallest absolute Gasteiger partial charge is 0.164 e. The maximum absolute atomic E-state index is 6.23. The SMILES string of the molecule is CC(C)n1nc(-c2cccc3c2sc2ccccc23)c2c(N)ncnc21. The van der Waals surface area contributed by atoms with Crippen LogP contribution in [0.4, 0.5) is 5.82 Å². The van der Waals surface area contributed by atoms with E-state index in [4.69, 9.17) is 10.8 Å². The second-order valence-corrected chi connectivity index (χ2v) is 7.68. The maximum atomic E-state index is 6.23. The first-order valence-corrected chi connectivity index (χ1v) is 9.36. The van der Waals surface area contributed by atoms with Gasteiger partial charge in [0.2, 0.25) is 0 Å². The first-order valence-electron chi connectivity index (χ1n) is 8.54. The zero-order chi connectivity index (χ0) is 17.8. The largest absolute Gasteiger partial charge is 0.383 e. The molecular formula is C20H17N5S. The van der Waals surface area contributed by atoms with E-state index in [0.29, 0.717) is 5.82 Å². The zero-order valence-corrected chi connectivity index (χ0v) is 15.3. The van der Waals surface area contributed by atoms with Gasteiger partial charge >= 0.3 is 0 Å². The topological polar surface area (TPSA) is 69.6 Å². The number of fused-ring (bicyclic) bond motifs is 4. The number of hydrogen-bond donors (Lipinski definition) is 1. The van der Waals surface area contributed by atoms with Gasteiger partial charge in [-0.3, -0.25) is 0 Å². The van der Waals surface area contributed by atoms with Crippen molar-refractivity contribution in [2.45, 2.75) is 19.9 Å². The third kappa shape index (κ3) is 2.05. The van der Waals surface area contributed by atoms with E-state index in [0.717, 1.165) is 22.3 Å². The van der Waals surface area contributed by atoms with E-state index in [9.17, 15) is 0 Å². The van der Waals surface area contributed by atoms with Gasteiger partial charge in [-0.2, -0.15) is 5.10 Å². The Balaban J connectivity index is 1.92. The second-order valence-electron chi connectivity index (χ2n) is 6.62. The molecule has 0 unspecified atom stereocenters. The average molecular weight is 359 g/mol. The molecule has 0 radical (unpaired) electrons. The molecule has 6 heteroatoms. The molecule has 0 spiro atoms. The van der Waals surface area contributed by atoms with Crippen molar-refractivity contribution in [1.82, 2.24) is 19.7 Å². The van der Waals surface area contributed by atoms with Crippen LogP contribution in [-0.4, -0.2) is 19.7 Å². The summed E-state index contributed by atoms with van der Waals surface area (Å²) >= 11 is 1.78. The molecule has 0 saturated heterocycles. The average Bonchev–Trinajstić information content (AvgIpc) is 3.21. The molecule has 2 aromatic carbocycles.